The topological polar surface area (TPSA) is 62.2 Å². The zero-order valence-corrected chi connectivity index (χ0v) is 20.3. The number of ketones is 1. The van der Waals surface area contributed by atoms with Crippen LogP contribution in [0.3, 0.4) is 0 Å². The van der Waals surface area contributed by atoms with Crippen molar-refractivity contribution in [2.75, 3.05) is 51.3 Å². The smallest absolute Gasteiger partial charge is 0.166 e. The lowest BCUT2D eigenvalue weighted by molar-refractivity contribution is 0.0655. The molecule has 184 valence electrons. The number of carbonyl (C=O) groups is 1. The van der Waals surface area contributed by atoms with Crippen molar-refractivity contribution in [2.24, 2.45) is 0 Å². The van der Waals surface area contributed by atoms with Crippen LogP contribution in [0.1, 0.15) is 22.3 Å². The van der Waals surface area contributed by atoms with Crippen molar-refractivity contribution in [3.8, 4) is 11.5 Å². The summed E-state index contributed by atoms with van der Waals surface area (Å²) < 4.78 is 11.1. The molecular formula is C29H34N2O4. The summed E-state index contributed by atoms with van der Waals surface area (Å²) in [4.78, 5) is 17.4. The first-order chi connectivity index (χ1) is 17.1. The molecule has 1 fully saturated rings. The number of aryl methyl sites for hydroxylation is 1. The van der Waals surface area contributed by atoms with E-state index in [1.165, 1.54) is 5.69 Å². The average Bonchev–Trinajstić information content (AvgIpc) is 2.92. The summed E-state index contributed by atoms with van der Waals surface area (Å²) in [7, 11) is 1.67. The third-order valence-electron chi connectivity index (χ3n) is 6.38. The summed E-state index contributed by atoms with van der Waals surface area (Å²) in [5, 5.41) is 10.6. The second-order valence-corrected chi connectivity index (χ2v) is 8.86. The number of nitrogens with zero attached hydrogens (tertiary/aromatic N) is 2. The minimum Gasteiger partial charge on any atom is -0.497 e. The molecule has 1 atom stereocenters. The third-order valence-corrected chi connectivity index (χ3v) is 6.38. The van der Waals surface area contributed by atoms with Crippen LogP contribution in [-0.2, 0) is 6.42 Å². The third kappa shape index (κ3) is 7.07. The summed E-state index contributed by atoms with van der Waals surface area (Å²) in [5.41, 5.74) is 2.90. The normalized spacial score (nSPS) is 15.0. The number of hydrogen-bond donors (Lipinski definition) is 1. The number of piperazine rings is 1. The lowest BCUT2D eigenvalue weighted by Gasteiger charge is -2.36. The Labute approximate surface area is 207 Å². The molecule has 4 rings (SSSR count). The maximum absolute atomic E-state index is 12.8. The second-order valence-electron chi connectivity index (χ2n) is 8.86. The van der Waals surface area contributed by atoms with Gasteiger partial charge in [0.05, 0.1) is 12.7 Å². The molecule has 1 saturated heterocycles. The number of methoxy groups -OCH3 is 1. The van der Waals surface area contributed by atoms with Gasteiger partial charge in [0, 0.05) is 44.8 Å². The monoisotopic (exact) mass is 474 g/mol. The fourth-order valence-electron chi connectivity index (χ4n) is 4.38. The Morgan fingerprint density at radius 2 is 1.60 bits per heavy atom. The number of hydrogen-bond acceptors (Lipinski definition) is 6. The molecule has 0 bridgehead atoms. The molecule has 0 unspecified atom stereocenters. The first-order valence-corrected chi connectivity index (χ1v) is 12.2. The molecule has 6 heteroatoms. The van der Waals surface area contributed by atoms with Gasteiger partial charge in [0.25, 0.3) is 0 Å². The molecule has 0 aromatic heterocycles. The quantitative estimate of drug-likeness (QED) is 0.423. The van der Waals surface area contributed by atoms with Crippen molar-refractivity contribution in [1.82, 2.24) is 4.90 Å². The standard InChI is InChI=1S/C29H34N2O4/c1-34-26-14-12-24(13-15-26)31-19-17-30(18-20-31)21-25(32)22-35-29-10-6-5-9-27(29)28(33)16-11-23-7-3-2-4-8-23/h2-10,12-15,25,32H,11,16-22H2,1H3/t25-/m1/s1. The number of benzene rings is 3. The van der Waals surface area contributed by atoms with Gasteiger partial charge in [-0.25, -0.2) is 0 Å². The minimum atomic E-state index is -0.630. The summed E-state index contributed by atoms with van der Waals surface area (Å²) in [6.45, 7) is 4.24. The molecule has 35 heavy (non-hydrogen) atoms. The van der Waals surface area contributed by atoms with E-state index in [2.05, 4.69) is 21.9 Å². The highest BCUT2D eigenvalue weighted by Gasteiger charge is 2.20. The molecule has 3 aromatic rings. The molecule has 6 nitrogen and oxygen atoms in total. The van der Waals surface area contributed by atoms with Crippen LogP contribution in [0, 0.1) is 0 Å². The number of aliphatic hydroxyl groups excluding tert-OH is 1. The molecule has 0 saturated carbocycles. The molecule has 1 heterocycles. The van der Waals surface area contributed by atoms with Crippen LogP contribution in [0.15, 0.2) is 78.9 Å². The van der Waals surface area contributed by atoms with E-state index in [1.54, 1.807) is 19.2 Å². The molecule has 1 aliphatic rings. The predicted molar refractivity (Wildman–Crippen MR) is 139 cm³/mol. The van der Waals surface area contributed by atoms with Gasteiger partial charge in [-0.1, -0.05) is 42.5 Å². The van der Waals surface area contributed by atoms with E-state index in [0.29, 0.717) is 30.7 Å². The van der Waals surface area contributed by atoms with Gasteiger partial charge in [0.1, 0.15) is 24.2 Å². The van der Waals surface area contributed by atoms with E-state index < -0.39 is 6.10 Å². The Bertz CT molecular complexity index is 1060. The van der Waals surface area contributed by atoms with Crippen molar-refractivity contribution in [3.63, 3.8) is 0 Å². The van der Waals surface area contributed by atoms with Gasteiger partial charge in [-0.2, -0.15) is 0 Å². The largest absolute Gasteiger partial charge is 0.497 e. The highest BCUT2D eigenvalue weighted by atomic mass is 16.5. The lowest BCUT2D eigenvalue weighted by atomic mass is 10.0. The number of para-hydroxylation sites is 1. The molecule has 3 aromatic carbocycles. The van der Waals surface area contributed by atoms with Crippen molar-refractivity contribution in [1.29, 1.82) is 0 Å². The van der Waals surface area contributed by atoms with E-state index in [0.717, 1.165) is 37.5 Å². The molecule has 0 spiro atoms. The van der Waals surface area contributed by atoms with Crippen molar-refractivity contribution in [2.45, 2.75) is 18.9 Å². The SMILES string of the molecule is COc1ccc(N2CCN(C[C@@H](O)COc3ccccc3C(=O)CCc3ccccc3)CC2)cc1. The summed E-state index contributed by atoms with van der Waals surface area (Å²) >= 11 is 0. The highest BCUT2D eigenvalue weighted by molar-refractivity contribution is 5.98. The van der Waals surface area contributed by atoms with E-state index in [9.17, 15) is 9.90 Å². The van der Waals surface area contributed by atoms with Crippen LogP contribution in [0.5, 0.6) is 11.5 Å². The van der Waals surface area contributed by atoms with Gasteiger partial charge >= 0.3 is 0 Å². The fraction of sp³-hybridized carbons (Fsp3) is 0.345. The van der Waals surface area contributed by atoms with Gasteiger partial charge in [-0.15, -0.1) is 0 Å². The van der Waals surface area contributed by atoms with Crippen molar-refractivity contribution >= 4 is 11.5 Å². The predicted octanol–water partition coefficient (Wildman–Crippen LogP) is 4.07. The molecule has 0 aliphatic carbocycles. The molecule has 0 amide bonds. The summed E-state index contributed by atoms with van der Waals surface area (Å²) in [6.07, 6.45) is 0.486. The number of β-amino-alcohol motifs (C(OH)–C–C–N with tert-alkyl or cyclic N) is 1. The lowest BCUT2D eigenvalue weighted by Crippen LogP contribution is -2.49. The Kier molecular flexibility index (Phi) is 8.76. The van der Waals surface area contributed by atoms with E-state index in [-0.39, 0.29) is 12.4 Å². The number of ether oxygens (including phenoxy) is 2. The maximum Gasteiger partial charge on any atom is 0.166 e. The van der Waals surface area contributed by atoms with Crippen molar-refractivity contribution in [3.05, 3.63) is 90.0 Å². The Hall–Kier alpha value is -3.35. The number of Topliss-reactive ketones (excluding diaryl/α,β-unsaturated/α-hetero) is 1. The summed E-state index contributed by atoms with van der Waals surface area (Å²) in [5.74, 6) is 1.44. The van der Waals surface area contributed by atoms with E-state index >= 15 is 0 Å². The van der Waals surface area contributed by atoms with Crippen molar-refractivity contribution < 1.29 is 19.4 Å². The number of aliphatic hydroxyl groups is 1. The number of carbonyl (C=O) groups excluding carboxylic acids is 1. The first-order valence-electron chi connectivity index (χ1n) is 12.2. The first kappa shape index (κ1) is 24.8. The zero-order valence-electron chi connectivity index (χ0n) is 20.3. The number of anilines is 1. The fourth-order valence-corrected chi connectivity index (χ4v) is 4.38. The van der Waals surface area contributed by atoms with Crippen LogP contribution < -0.4 is 14.4 Å². The minimum absolute atomic E-state index is 0.0496. The van der Waals surface area contributed by atoms with E-state index in [1.807, 2.05) is 54.6 Å². The van der Waals surface area contributed by atoms with Gasteiger partial charge in [0.2, 0.25) is 0 Å². The maximum atomic E-state index is 12.8. The summed E-state index contributed by atoms with van der Waals surface area (Å²) in [6, 6.07) is 25.4. The van der Waals surface area contributed by atoms with Crippen LogP contribution in [-0.4, -0.2) is 68.3 Å². The molecule has 0 radical (unpaired) electrons. The zero-order chi connectivity index (χ0) is 24.5. The van der Waals surface area contributed by atoms with Crippen LogP contribution >= 0.6 is 0 Å². The highest BCUT2D eigenvalue weighted by Crippen LogP contribution is 2.22. The Morgan fingerprint density at radius 1 is 0.914 bits per heavy atom. The van der Waals surface area contributed by atoms with Crippen LogP contribution in [0.25, 0.3) is 0 Å². The van der Waals surface area contributed by atoms with Gasteiger partial charge in [-0.05, 0) is 48.4 Å². The van der Waals surface area contributed by atoms with Gasteiger partial charge in [-0.3, -0.25) is 9.69 Å². The van der Waals surface area contributed by atoms with Crippen LogP contribution in [0.4, 0.5) is 5.69 Å². The van der Waals surface area contributed by atoms with Crippen LogP contribution in [0.2, 0.25) is 0 Å². The molecular weight excluding hydrogens is 440 g/mol. The van der Waals surface area contributed by atoms with E-state index in [4.69, 9.17) is 9.47 Å². The Balaban J connectivity index is 1.23. The molecule has 1 aliphatic heterocycles. The van der Waals surface area contributed by atoms with Gasteiger partial charge < -0.3 is 19.5 Å². The Morgan fingerprint density at radius 3 is 2.31 bits per heavy atom. The second kappa shape index (κ2) is 12.4. The average molecular weight is 475 g/mol. The molecule has 1 N–H and O–H groups in total. The van der Waals surface area contributed by atoms with Gasteiger partial charge in [0.15, 0.2) is 5.78 Å². The number of rotatable bonds is 11.